The Kier molecular flexibility index (Phi) is 3.68. The van der Waals surface area contributed by atoms with Gasteiger partial charge in [0, 0.05) is 25.2 Å². The van der Waals surface area contributed by atoms with Crippen molar-refractivity contribution in [1.29, 1.82) is 0 Å². The number of hydrogen-bond donors (Lipinski definition) is 1. The number of hydrogen-bond acceptors (Lipinski definition) is 2. The first-order valence-corrected chi connectivity index (χ1v) is 6.64. The van der Waals surface area contributed by atoms with Crippen LogP contribution in [0.3, 0.4) is 0 Å². The van der Waals surface area contributed by atoms with Crippen LogP contribution in [0.4, 0.5) is 0 Å². The number of nitrogens with one attached hydrogen (secondary N) is 1. The largest absolute Gasteiger partial charge is 0.311 e. The maximum atomic E-state index is 3.60. The summed E-state index contributed by atoms with van der Waals surface area (Å²) in [6.45, 7) is 10.8. The summed E-state index contributed by atoms with van der Waals surface area (Å²) in [6.07, 6.45) is 4.43. The normalized spacial score (nSPS) is 33.6. The third-order valence-electron chi connectivity index (χ3n) is 3.94. The van der Waals surface area contributed by atoms with Crippen molar-refractivity contribution in [3.63, 3.8) is 0 Å². The molecule has 0 radical (unpaired) electrons. The van der Waals surface area contributed by atoms with E-state index in [0.717, 1.165) is 17.9 Å². The number of piperazine rings is 1. The average Bonchev–Trinajstić information content (AvgIpc) is 2.97. The van der Waals surface area contributed by atoms with Gasteiger partial charge < -0.3 is 5.32 Å². The van der Waals surface area contributed by atoms with Gasteiger partial charge in [-0.15, -0.1) is 0 Å². The Hall–Kier alpha value is -0.0800. The van der Waals surface area contributed by atoms with Gasteiger partial charge in [0.1, 0.15) is 0 Å². The van der Waals surface area contributed by atoms with Crippen LogP contribution in [0.15, 0.2) is 0 Å². The molecule has 2 heteroatoms. The second kappa shape index (κ2) is 4.84. The van der Waals surface area contributed by atoms with Crippen LogP contribution in [0.2, 0.25) is 0 Å². The summed E-state index contributed by atoms with van der Waals surface area (Å²) < 4.78 is 0. The standard InChI is InChI=1S/C13H26N2/c1-10(2)13-8-14-11(3)9-15(13)7-6-12-4-5-12/h10-14H,4-9H2,1-3H3. The van der Waals surface area contributed by atoms with E-state index >= 15 is 0 Å². The SMILES string of the molecule is CC1CN(CCC2CC2)C(C(C)C)CN1. The quantitative estimate of drug-likeness (QED) is 0.764. The van der Waals surface area contributed by atoms with E-state index in [2.05, 4.69) is 31.0 Å². The summed E-state index contributed by atoms with van der Waals surface area (Å²) in [5.41, 5.74) is 0. The molecule has 1 saturated carbocycles. The number of nitrogens with zero attached hydrogens (tertiary/aromatic N) is 1. The van der Waals surface area contributed by atoms with Crippen LogP contribution in [0.1, 0.15) is 40.0 Å². The molecule has 2 atom stereocenters. The van der Waals surface area contributed by atoms with Gasteiger partial charge in [0.2, 0.25) is 0 Å². The molecule has 0 amide bonds. The van der Waals surface area contributed by atoms with Crippen LogP contribution in [0.5, 0.6) is 0 Å². The molecule has 2 nitrogen and oxygen atoms in total. The lowest BCUT2D eigenvalue weighted by atomic mass is 9.98. The Balaban J connectivity index is 1.83. The van der Waals surface area contributed by atoms with Crippen molar-refractivity contribution in [3.8, 4) is 0 Å². The second-order valence-corrected chi connectivity index (χ2v) is 5.85. The Morgan fingerprint density at radius 2 is 2.07 bits per heavy atom. The predicted octanol–water partition coefficient (Wildman–Crippen LogP) is 2.10. The Bertz CT molecular complexity index is 199. The monoisotopic (exact) mass is 210 g/mol. The first-order valence-electron chi connectivity index (χ1n) is 6.64. The first-order chi connectivity index (χ1) is 7.16. The van der Waals surface area contributed by atoms with Gasteiger partial charge in [0.15, 0.2) is 0 Å². The minimum Gasteiger partial charge on any atom is -0.311 e. The van der Waals surface area contributed by atoms with Crippen LogP contribution in [-0.4, -0.2) is 36.6 Å². The van der Waals surface area contributed by atoms with E-state index in [9.17, 15) is 0 Å². The highest BCUT2D eigenvalue weighted by Gasteiger charge is 2.29. The molecule has 1 N–H and O–H groups in total. The van der Waals surface area contributed by atoms with Crippen molar-refractivity contribution in [3.05, 3.63) is 0 Å². The Morgan fingerprint density at radius 3 is 2.67 bits per heavy atom. The zero-order valence-electron chi connectivity index (χ0n) is 10.5. The zero-order valence-corrected chi connectivity index (χ0v) is 10.5. The van der Waals surface area contributed by atoms with Crippen molar-refractivity contribution in [1.82, 2.24) is 10.2 Å². The summed E-state index contributed by atoms with van der Waals surface area (Å²) in [6, 6.07) is 1.44. The fraction of sp³-hybridized carbons (Fsp3) is 1.00. The lowest BCUT2D eigenvalue weighted by Gasteiger charge is -2.41. The first kappa shape index (κ1) is 11.4. The molecule has 1 aliphatic heterocycles. The lowest BCUT2D eigenvalue weighted by molar-refractivity contribution is 0.0999. The molecule has 0 aromatic heterocycles. The fourth-order valence-electron chi connectivity index (χ4n) is 2.67. The minimum absolute atomic E-state index is 0.680. The lowest BCUT2D eigenvalue weighted by Crippen LogP contribution is -2.57. The van der Waals surface area contributed by atoms with Gasteiger partial charge in [-0.05, 0) is 31.7 Å². The van der Waals surface area contributed by atoms with Gasteiger partial charge >= 0.3 is 0 Å². The smallest absolute Gasteiger partial charge is 0.0244 e. The molecule has 0 aromatic carbocycles. The van der Waals surface area contributed by atoms with E-state index in [1.165, 1.54) is 38.9 Å². The topological polar surface area (TPSA) is 15.3 Å². The van der Waals surface area contributed by atoms with Crippen molar-refractivity contribution in [2.24, 2.45) is 11.8 Å². The van der Waals surface area contributed by atoms with Crippen molar-refractivity contribution in [2.75, 3.05) is 19.6 Å². The molecule has 0 aromatic rings. The fourth-order valence-corrected chi connectivity index (χ4v) is 2.67. The average molecular weight is 210 g/mol. The molecule has 2 rings (SSSR count). The van der Waals surface area contributed by atoms with Gasteiger partial charge in [-0.3, -0.25) is 4.90 Å². The molecule has 1 heterocycles. The highest BCUT2D eigenvalue weighted by atomic mass is 15.2. The Morgan fingerprint density at radius 1 is 1.33 bits per heavy atom. The summed E-state index contributed by atoms with van der Waals surface area (Å²) in [5, 5.41) is 3.60. The van der Waals surface area contributed by atoms with E-state index in [-0.39, 0.29) is 0 Å². The van der Waals surface area contributed by atoms with Gasteiger partial charge in [0.25, 0.3) is 0 Å². The summed E-state index contributed by atoms with van der Waals surface area (Å²) in [4.78, 5) is 2.73. The van der Waals surface area contributed by atoms with Crippen LogP contribution in [-0.2, 0) is 0 Å². The van der Waals surface area contributed by atoms with E-state index in [4.69, 9.17) is 0 Å². The molecule has 1 aliphatic carbocycles. The van der Waals surface area contributed by atoms with Crippen molar-refractivity contribution in [2.45, 2.75) is 52.1 Å². The highest BCUT2D eigenvalue weighted by molar-refractivity contribution is 4.87. The van der Waals surface area contributed by atoms with Crippen molar-refractivity contribution >= 4 is 0 Å². The van der Waals surface area contributed by atoms with Gasteiger partial charge in [-0.1, -0.05) is 26.7 Å². The summed E-state index contributed by atoms with van der Waals surface area (Å²) in [5.74, 6) is 1.85. The molecule has 2 unspecified atom stereocenters. The molecule has 0 bridgehead atoms. The molecule has 0 spiro atoms. The van der Waals surface area contributed by atoms with Crippen LogP contribution < -0.4 is 5.32 Å². The van der Waals surface area contributed by atoms with Crippen LogP contribution in [0.25, 0.3) is 0 Å². The van der Waals surface area contributed by atoms with Gasteiger partial charge in [-0.25, -0.2) is 0 Å². The third-order valence-corrected chi connectivity index (χ3v) is 3.94. The maximum Gasteiger partial charge on any atom is 0.0244 e. The van der Waals surface area contributed by atoms with E-state index in [1.54, 1.807) is 0 Å². The summed E-state index contributed by atoms with van der Waals surface area (Å²) in [7, 11) is 0. The molecule has 1 saturated heterocycles. The maximum absolute atomic E-state index is 3.60. The minimum atomic E-state index is 0.680. The zero-order chi connectivity index (χ0) is 10.8. The molecular weight excluding hydrogens is 184 g/mol. The van der Waals surface area contributed by atoms with Crippen molar-refractivity contribution < 1.29 is 0 Å². The molecule has 2 fully saturated rings. The van der Waals surface area contributed by atoms with Crippen LogP contribution in [0, 0.1) is 11.8 Å². The number of rotatable bonds is 4. The predicted molar refractivity (Wildman–Crippen MR) is 65.0 cm³/mol. The molecule has 88 valence electrons. The molecule has 2 aliphatic rings. The third kappa shape index (κ3) is 3.18. The molecule has 15 heavy (non-hydrogen) atoms. The highest BCUT2D eigenvalue weighted by Crippen LogP contribution is 2.33. The van der Waals surface area contributed by atoms with Gasteiger partial charge in [0.05, 0.1) is 0 Å². The van der Waals surface area contributed by atoms with Crippen LogP contribution >= 0.6 is 0 Å². The second-order valence-electron chi connectivity index (χ2n) is 5.85. The summed E-state index contributed by atoms with van der Waals surface area (Å²) >= 11 is 0. The van der Waals surface area contributed by atoms with Gasteiger partial charge in [-0.2, -0.15) is 0 Å². The Labute approximate surface area is 94.4 Å². The van der Waals surface area contributed by atoms with E-state index in [1.807, 2.05) is 0 Å². The van der Waals surface area contributed by atoms with E-state index < -0.39 is 0 Å². The van der Waals surface area contributed by atoms with E-state index in [0.29, 0.717) is 6.04 Å². The molecular formula is C13H26N2.